The van der Waals surface area contributed by atoms with Crippen LogP contribution < -0.4 is 5.32 Å². The molecule has 0 fully saturated rings. The van der Waals surface area contributed by atoms with Gasteiger partial charge in [0, 0.05) is 33.2 Å². The zero-order chi connectivity index (χ0) is 19.9. The van der Waals surface area contributed by atoms with Crippen LogP contribution in [-0.2, 0) is 0 Å². The number of aromatic nitrogens is 1. The van der Waals surface area contributed by atoms with Gasteiger partial charge in [-0.15, -0.1) is 0 Å². The van der Waals surface area contributed by atoms with Crippen LogP contribution in [0.5, 0.6) is 0 Å². The van der Waals surface area contributed by atoms with E-state index >= 15 is 0 Å². The van der Waals surface area contributed by atoms with Gasteiger partial charge in [0.05, 0.1) is 5.56 Å². The van der Waals surface area contributed by atoms with Crippen molar-refractivity contribution in [3.05, 3.63) is 65.3 Å². The minimum Gasteiger partial charge on any atom is -0.439 e. The van der Waals surface area contributed by atoms with E-state index in [9.17, 15) is 5.26 Å². The summed E-state index contributed by atoms with van der Waals surface area (Å²) >= 11 is 6.06. The molecule has 140 valence electrons. The SMILES string of the molecule is CC(C)(C)Nc1oc(-c2c[nH]c3ccccc23)c(C#N)c1-c1ccc(Cl)cc1. The highest BCUT2D eigenvalue weighted by Gasteiger charge is 2.26. The molecule has 0 bridgehead atoms. The summed E-state index contributed by atoms with van der Waals surface area (Å²) < 4.78 is 6.26. The van der Waals surface area contributed by atoms with E-state index in [1.807, 2.05) is 54.7 Å². The van der Waals surface area contributed by atoms with Crippen LogP contribution in [0.3, 0.4) is 0 Å². The number of anilines is 1. The lowest BCUT2D eigenvalue weighted by Gasteiger charge is -2.21. The van der Waals surface area contributed by atoms with Crippen LogP contribution >= 0.6 is 11.6 Å². The second-order valence-corrected chi connectivity index (χ2v) is 8.19. The van der Waals surface area contributed by atoms with Crippen molar-refractivity contribution in [2.75, 3.05) is 5.32 Å². The van der Waals surface area contributed by atoms with Gasteiger partial charge in [-0.05, 0) is 44.5 Å². The van der Waals surface area contributed by atoms with E-state index in [4.69, 9.17) is 16.0 Å². The Morgan fingerprint density at radius 2 is 1.79 bits per heavy atom. The Morgan fingerprint density at radius 3 is 2.46 bits per heavy atom. The van der Waals surface area contributed by atoms with Crippen molar-refractivity contribution in [3.8, 4) is 28.5 Å². The molecule has 0 unspecified atom stereocenters. The summed E-state index contributed by atoms with van der Waals surface area (Å²) in [6, 6.07) is 17.8. The number of aromatic amines is 1. The third-order valence-electron chi connectivity index (χ3n) is 4.48. The van der Waals surface area contributed by atoms with Crippen molar-refractivity contribution in [2.24, 2.45) is 0 Å². The first kappa shape index (κ1) is 18.2. The quantitative estimate of drug-likeness (QED) is 0.403. The maximum atomic E-state index is 10.0. The summed E-state index contributed by atoms with van der Waals surface area (Å²) in [5, 5.41) is 15.1. The lowest BCUT2D eigenvalue weighted by molar-refractivity contribution is 0.549. The fourth-order valence-electron chi connectivity index (χ4n) is 3.31. The summed E-state index contributed by atoms with van der Waals surface area (Å²) in [7, 11) is 0. The van der Waals surface area contributed by atoms with E-state index < -0.39 is 0 Å². The van der Waals surface area contributed by atoms with Crippen molar-refractivity contribution in [1.29, 1.82) is 5.26 Å². The number of hydrogen-bond acceptors (Lipinski definition) is 3. The van der Waals surface area contributed by atoms with Crippen LogP contribution in [0.2, 0.25) is 5.02 Å². The summed E-state index contributed by atoms with van der Waals surface area (Å²) in [6.07, 6.45) is 1.89. The molecule has 2 aromatic carbocycles. The molecule has 4 rings (SSSR count). The van der Waals surface area contributed by atoms with E-state index in [0.29, 0.717) is 22.2 Å². The summed E-state index contributed by atoms with van der Waals surface area (Å²) in [5.74, 6) is 1.13. The van der Waals surface area contributed by atoms with Crippen LogP contribution in [0, 0.1) is 11.3 Å². The number of rotatable bonds is 3. The molecule has 0 aliphatic carbocycles. The minimum atomic E-state index is -0.233. The Kier molecular flexibility index (Phi) is 4.41. The molecular formula is C23H20ClN3O. The zero-order valence-electron chi connectivity index (χ0n) is 15.9. The number of fused-ring (bicyclic) bond motifs is 1. The van der Waals surface area contributed by atoms with Crippen LogP contribution in [0.4, 0.5) is 5.88 Å². The van der Waals surface area contributed by atoms with E-state index in [-0.39, 0.29) is 5.54 Å². The smallest absolute Gasteiger partial charge is 0.203 e. The Hall–Kier alpha value is -3.16. The average Bonchev–Trinajstić information content (AvgIpc) is 3.22. The highest BCUT2D eigenvalue weighted by molar-refractivity contribution is 6.30. The van der Waals surface area contributed by atoms with Gasteiger partial charge in [0.15, 0.2) is 5.76 Å². The number of nitrogens with zero attached hydrogens (tertiary/aromatic N) is 1. The normalized spacial score (nSPS) is 11.5. The minimum absolute atomic E-state index is 0.233. The Balaban J connectivity index is 1.99. The summed E-state index contributed by atoms with van der Waals surface area (Å²) in [4.78, 5) is 3.25. The number of H-pyrrole nitrogens is 1. The molecule has 0 aliphatic heterocycles. The first-order valence-electron chi connectivity index (χ1n) is 9.05. The number of furan rings is 1. The van der Waals surface area contributed by atoms with Gasteiger partial charge in [-0.2, -0.15) is 5.26 Å². The molecule has 0 spiro atoms. The van der Waals surface area contributed by atoms with Gasteiger partial charge in [0.25, 0.3) is 0 Å². The van der Waals surface area contributed by atoms with E-state index in [1.165, 1.54) is 0 Å². The van der Waals surface area contributed by atoms with Crippen molar-refractivity contribution < 1.29 is 4.42 Å². The average molecular weight is 390 g/mol. The van der Waals surface area contributed by atoms with Gasteiger partial charge in [-0.25, -0.2) is 0 Å². The summed E-state index contributed by atoms with van der Waals surface area (Å²) in [5.41, 5.74) is 3.75. The largest absolute Gasteiger partial charge is 0.439 e. The third kappa shape index (κ3) is 3.26. The fourth-order valence-corrected chi connectivity index (χ4v) is 3.43. The third-order valence-corrected chi connectivity index (χ3v) is 4.73. The Labute approximate surface area is 168 Å². The zero-order valence-corrected chi connectivity index (χ0v) is 16.7. The predicted octanol–water partition coefficient (Wildman–Crippen LogP) is 6.83. The van der Waals surface area contributed by atoms with Gasteiger partial charge in [-0.1, -0.05) is 41.9 Å². The van der Waals surface area contributed by atoms with Gasteiger partial charge in [-0.3, -0.25) is 0 Å². The fraction of sp³-hybridized carbons (Fsp3) is 0.174. The van der Waals surface area contributed by atoms with Crippen LogP contribution in [-0.4, -0.2) is 10.5 Å². The maximum Gasteiger partial charge on any atom is 0.203 e. The number of benzene rings is 2. The van der Waals surface area contributed by atoms with Gasteiger partial charge >= 0.3 is 0 Å². The van der Waals surface area contributed by atoms with Gasteiger partial charge in [0.2, 0.25) is 5.88 Å². The maximum absolute atomic E-state index is 10.0. The van der Waals surface area contributed by atoms with Gasteiger partial charge in [0.1, 0.15) is 11.6 Å². The van der Waals surface area contributed by atoms with Crippen LogP contribution in [0.1, 0.15) is 26.3 Å². The molecular weight excluding hydrogens is 370 g/mol. The highest BCUT2D eigenvalue weighted by Crippen LogP contribution is 2.43. The number of nitriles is 1. The molecule has 2 aromatic heterocycles. The summed E-state index contributed by atoms with van der Waals surface area (Å²) in [6.45, 7) is 6.16. The molecule has 0 amide bonds. The molecule has 4 nitrogen and oxygen atoms in total. The lowest BCUT2D eigenvalue weighted by atomic mass is 9.99. The van der Waals surface area contributed by atoms with E-state index in [2.05, 4.69) is 37.1 Å². The molecule has 2 N–H and O–H groups in total. The molecule has 0 saturated carbocycles. The monoisotopic (exact) mass is 389 g/mol. The molecule has 0 aliphatic rings. The number of nitrogens with one attached hydrogen (secondary N) is 2. The Bertz CT molecular complexity index is 1190. The van der Waals surface area contributed by atoms with Crippen molar-refractivity contribution in [3.63, 3.8) is 0 Å². The van der Waals surface area contributed by atoms with Gasteiger partial charge < -0.3 is 14.7 Å². The van der Waals surface area contributed by atoms with Crippen LogP contribution in [0.15, 0.2) is 59.1 Å². The molecule has 2 heterocycles. The molecule has 0 saturated heterocycles. The van der Waals surface area contributed by atoms with Crippen LogP contribution in [0.25, 0.3) is 33.4 Å². The number of para-hydroxylation sites is 1. The molecule has 5 heteroatoms. The van der Waals surface area contributed by atoms with E-state index in [1.54, 1.807) is 0 Å². The standard InChI is InChI=1S/C23H20ClN3O/c1-23(2,3)27-22-20(14-8-10-15(24)11-9-14)17(12-25)21(28-22)18-13-26-19-7-5-4-6-16(18)19/h4-11,13,26-27H,1-3H3. The number of halogens is 1. The van der Waals surface area contributed by atoms with Crippen molar-refractivity contribution in [1.82, 2.24) is 4.98 Å². The molecule has 0 radical (unpaired) electrons. The second kappa shape index (κ2) is 6.78. The molecule has 28 heavy (non-hydrogen) atoms. The topological polar surface area (TPSA) is 64.8 Å². The Morgan fingerprint density at radius 1 is 1.07 bits per heavy atom. The predicted molar refractivity (Wildman–Crippen MR) is 115 cm³/mol. The van der Waals surface area contributed by atoms with E-state index in [0.717, 1.165) is 27.6 Å². The first-order chi connectivity index (χ1) is 13.4. The second-order valence-electron chi connectivity index (χ2n) is 7.75. The molecule has 0 atom stereocenters. The van der Waals surface area contributed by atoms with Crippen molar-refractivity contribution >= 4 is 28.4 Å². The lowest BCUT2D eigenvalue weighted by Crippen LogP contribution is -2.26. The highest BCUT2D eigenvalue weighted by atomic mass is 35.5. The van der Waals surface area contributed by atoms with Crippen molar-refractivity contribution in [2.45, 2.75) is 26.3 Å². The first-order valence-corrected chi connectivity index (χ1v) is 9.42. The molecule has 4 aromatic rings. The number of hydrogen-bond donors (Lipinski definition) is 2.